The van der Waals surface area contributed by atoms with Gasteiger partial charge in [0.2, 0.25) is 0 Å². The first-order chi connectivity index (χ1) is 11.6. The summed E-state index contributed by atoms with van der Waals surface area (Å²) in [5, 5.41) is 8.68. The summed E-state index contributed by atoms with van der Waals surface area (Å²) in [6, 6.07) is 7.93. The number of hydrogen-bond acceptors (Lipinski definition) is 7. The lowest BCUT2D eigenvalue weighted by Gasteiger charge is -2.11. The molecule has 0 aliphatic heterocycles. The van der Waals surface area contributed by atoms with Crippen molar-refractivity contribution in [1.29, 1.82) is 0 Å². The lowest BCUT2D eigenvalue weighted by molar-refractivity contribution is -0.140. The van der Waals surface area contributed by atoms with Crippen molar-refractivity contribution in [2.75, 3.05) is 7.11 Å². The third kappa shape index (κ3) is 3.09. The van der Waals surface area contributed by atoms with Crippen molar-refractivity contribution >= 4 is 28.9 Å². The van der Waals surface area contributed by atoms with Gasteiger partial charge in [-0.2, -0.15) is 4.68 Å². The van der Waals surface area contributed by atoms with E-state index in [2.05, 4.69) is 20.3 Å². The number of nitrogens with zero attached hydrogens (tertiary/aromatic N) is 5. The maximum absolute atomic E-state index is 11.8. The van der Waals surface area contributed by atoms with Crippen molar-refractivity contribution in [3.63, 3.8) is 0 Å². The molecule has 2 aromatic heterocycles. The molecule has 0 bridgehead atoms. The van der Waals surface area contributed by atoms with Crippen molar-refractivity contribution < 1.29 is 9.53 Å². The van der Waals surface area contributed by atoms with Crippen LogP contribution in [-0.2, 0) is 9.53 Å². The van der Waals surface area contributed by atoms with E-state index in [0.29, 0.717) is 22.6 Å². The molecular weight excluding hydrogens is 326 g/mol. The molecule has 0 aliphatic rings. The molecule has 124 valence electrons. The molecule has 2 heterocycles. The Bertz CT molecular complexity index is 863. The molecule has 3 rings (SSSR count). The Hall–Kier alpha value is -2.48. The molecule has 3 aromatic rings. The summed E-state index contributed by atoms with van der Waals surface area (Å²) in [5.74, 6) is -0.278. The molecule has 0 N–H and O–H groups in total. The normalized spacial score (nSPS) is 12.3. The van der Waals surface area contributed by atoms with Gasteiger partial charge < -0.3 is 4.74 Å². The van der Waals surface area contributed by atoms with Crippen LogP contribution in [0, 0.1) is 6.92 Å². The van der Waals surface area contributed by atoms with Gasteiger partial charge in [0.1, 0.15) is 16.6 Å². The van der Waals surface area contributed by atoms with E-state index in [4.69, 9.17) is 4.74 Å². The molecule has 1 atom stereocenters. The van der Waals surface area contributed by atoms with Gasteiger partial charge in [0.05, 0.1) is 12.8 Å². The minimum atomic E-state index is -0.336. The molecule has 24 heavy (non-hydrogen) atoms. The first-order valence-corrected chi connectivity index (χ1v) is 8.40. The minimum Gasteiger partial charge on any atom is -0.468 e. The van der Waals surface area contributed by atoms with Gasteiger partial charge in [-0.3, -0.25) is 4.79 Å². The number of ether oxygens (including phenoxy) is 1. The zero-order valence-corrected chi connectivity index (χ0v) is 14.4. The highest BCUT2D eigenvalue weighted by Crippen LogP contribution is 2.29. The summed E-state index contributed by atoms with van der Waals surface area (Å²) in [6.45, 7) is 3.95. The van der Waals surface area contributed by atoms with Crippen LogP contribution in [0.15, 0.2) is 35.6 Å². The predicted octanol–water partition coefficient (Wildman–Crippen LogP) is 2.56. The van der Waals surface area contributed by atoms with Gasteiger partial charge in [-0.05, 0) is 25.5 Å². The van der Waals surface area contributed by atoms with Crippen LogP contribution in [0.3, 0.4) is 0 Å². The van der Waals surface area contributed by atoms with Crippen molar-refractivity contribution in [1.82, 2.24) is 25.0 Å². The van der Waals surface area contributed by atoms with Gasteiger partial charge >= 0.3 is 5.97 Å². The number of fused-ring (bicyclic) bond motifs is 1. The van der Waals surface area contributed by atoms with Gasteiger partial charge in [0.25, 0.3) is 0 Å². The van der Waals surface area contributed by atoms with Crippen LogP contribution in [-0.4, -0.2) is 43.3 Å². The minimum absolute atomic E-state index is 0.278. The molecule has 0 fully saturated rings. The number of carbonyl (C=O) groups excluding carboxylic acids is 1. The van der Waals surface area contributed by atoms with E-state index in [1.165, 1.54) is 25.2 Å². The van der Waals surface area contributed by atoms with Crippen LogP contribution in [0.1, 0.15) is 18.9 Å². The summed E-state index contributed by atoms with van der Waals surface area (Å²) in [5.41, 5.74) is 3.22. The second kappa shape index (κ2) is 6.96. The molecule has 1 aromatic carbocycles. The summed E-state index contributed by atoms with van der Waals surface area (Å²) in [6.07, 6.45) is 2.09. The zero-order chi connectivity index (χ0) is 17.1. The number of thioether (sulfide) groups is 1. The number of methoxy groups -OCH3 is 1. The lowest BCUT2D eigenvalue weighted by atomic mass is 10.2. The average Bonchev–Trinajstić information content (AvgIpc) is 3.04. The summed E-state index contributed by atoms with van der Waals surface area (Å²) in [4.78, 5) is 20.4. The molecule has 0 spiro atoms. The Balaban J connectivity index is 2.00. The number of esters is 1. The van der Waals surface area contributed by atoms with Crippen molar-refractivity contribution in [2.45, 2.75) is 30.5 Å². The molecule has 7 nitrogen and oxygen atoms in total. The number of carbonyl (C=O) groups is 1. The van der Waals surface area contributed by atoms with Crippen LogP contribution in [0.4, 0.5) is 0 Å². The van der Waals surface area contributed by atoms with E-state index in [1.54, 1.807) is 4.68 Å². The quantitative estimate of drug-likeness (QED) is 0.400. The van der Waals surface area contributed by atoms with E-state index in [9.17, 15) is 4.79 Å². The van der Waals surface area contributed by atoms with Crippen LogP contribution < -0.4 is 0 Å². The Kier molecular flexibility index (Phi) is 4.75. The van der Waals surface area contributed by atoms with E-state index in [0.717, 1.165) is 11.3 Å². The number of aromatic nitrogens is 5. The van der Waals surface area contributed by atoms with E-state index in [-0.39, 0.29) is 11.2 Å². The maximum atomic E-state index is 11.8. The van der Waals surface area contributed by atoms with Crippen LogP contribution in [0.2, 0.25) is 0 Å². The lowest BCUT2D eigenvalue weighted by Crippen LogP contribution is -2.17. The molecule has 0 radical (unpaired) electrons. The van der Waals surface area contributed by atoms with Crippen molar-refractivity contribution in [3.8, 4) is 5.69 Å². The number of aryl methyl sites for hydroxylation is 1. The summed E-state index contributed by atoms with van der Waals surface area (Å²) < 4.78 is 6.50. The van der Waals surface area contributed by atoms with Gasteiger partial charge in [-0.25, -0.2) is 9.97 Å². The highest BCUT2D eigenvalue weighted by atomic mass is 32.2. The fourth-order valence-corrected chi connectivity index (χ4v) is 3.22. The largest absolute Gasteiger partial charge is 0.468 e. The van der Waals surface area contributed by atoms with Crippen LogP contribution in [0.5, 0.6) is 0 Å². The molecule has 8 heteroatoms. The Morgan fingerprint density at radius 2 is 2.04 bits per heavy atom. The predicted molar refractivity (Wildman–Crippen MR) is 91.1 cm³/mol. The van der Waals surface area contributed by atoms with Gasteiger partial charge in [-0.15, -0.1) is 5.10 Å². The second-order valence-electron chi connectivity index (χ2n) is 5.23. The molecular formula is C16H17N5O2S. The van der Waals surface area contributed by atoms with Gasteiger partial charge in [0, 0.05) is 0 Å². The summed E-state index contributed by atoms with van der Waals surface area (Å²) in [7, 11) is 1.38. The standard InChI is InChI=1S/C16H17N5O2S/c1-4-12(16(22)23-3)24-15-13-14(17-9-18-15)21(20-19-13)11-7-5-10(2)6-8-11/h5-9,12H,4H2,1-3H3/t12-/m0/s1. The smallest absolute Gasteiger partial charge is 0.319 e. The SMILES string of the molecule is CC[C@H](Sc1ncnc2c1nnn2-c1ccc(C)cc1)C(=O)OC. The van der Waals surface area contributed by atoms with Gasteiger partial charge in [0.15, 0.2) is 11.2 Å². The van der Waals surface area contributed by atoms with Gasteiger partial charge in [-0.1, -0.05) is 41.6 Å². The monoisotopic (exact) mass is 343 g/mol. The second-order valence-corrected chi connectivity index (χ2v) is 6.42. The Morgan fingerprint density at radius 3 is 2.71 bits per heavy atom. The highest BCUT2D eigenvalue weighted by Gasteiger charge is 2.22. The van der Waals surface area contributed by atoms with E-state index >= 15 is 0 Å². The van der Waals surface area contributed by atoms with Crippen LogP contribution in [0.25, 0.3) is 16.9 Å². The topological polar surface area (TPSA) is 82.8 Å². The van der Waals surface area contributed by atoms with E-state index < -0.39 is 0 Å². The summed E-state index contributed by atoms with van der Waals surface area (Å²) >= 11 is 1.32. The third-order valence-corrected chi connectivity index (χ3v) is 4.90. The average molecular weight is 343 g/mol. The maximum Gasteiger partial charge on any atom is 0.319 e. The van der Waals surface area contributed by atoms with Crippen LogP contribution >= 0.6 is 11.8 Å². The van der Waals surface area contributed by atoms with Crippen molar-refractivity contribution in [3.05, 3.63) is 36.2 Å². The van der Waals surface area contributed by atoms with Crippen molar-refractivity contribution in [2.24, 2.45) is 0 Å². The Morgan fingerprint density at radius 1 is 1.29 bits per heavy atom. The molecule has 0 aliphatic carbocycles. The fourth-order valence-electron chi connectivity index (χ4n) is 2.24. The molecule has 0 saturated carbocycles. The first-order valence-electron chi connectivity index (χ1n) is 7.52. The number of rotatable bonds is 5. The molecule has 0 unspecified atom stereocenters. The molecule has 0 amide bonds. The number of benzene rings is 1. The fraction of sp³-hybridized carbons (Fsp3) is 0.312. The molecule has 0 saturated heterocycles. The zero-order valence-electron chi connectivity index (χ0n) is 13.6. The number of hydrogen-bond donors (Lipinski definition) is 0. The van der Waals surface area contributed by atoms with E-state index in [1.807, 2.05) is 38.1 Å². The highest BCUT2D eigenvalue weighted by molar-refractivity contribution is 8.00. The first kappa shape index (κ1) is 16.4. The Labute approximate surface area is 143 Å². The third-order valence-electron chi connectivity index (χ3n) is 3.57.